The molecule has 0 aromatic heterocycles. The molecule has 0 saturated heterocycles. The zero-order valence-corrected chi connectivity index (χ0v) is 10.5. The molecule has 2 aliphatic carbocycles. The van der Waals surface area contributed by atoms with Crippen molar-refractivity contribution in [2.75, 3.05) is 7.11 Å². The lowest BCUT2D eigenvalue weighted by molar-refractivity contribution is -0.128. The van der Waals surface area contributed by atoms with Crippen LogP contribution >= 0.6 is 0 Å². The minimum absolute atomic E-state index is 0.173. The molecule has 0 N–H and O–H groups in total. The minimum Gasteiger partial charge on any atom is -0.381 e. The Bertz CT molecular complexity index is 310. The highest BCUT2D eigenvalue weighted by Gasteiger charge is 2.56. The average molecular weight is 222 g/mol. The molecular formula is C14H22O2. The van der Waals surface area contributed by atoms with E-state index < -0.39 is 0 Å². The van der Waals surface area contributed by atoms with Gasteiger partial charge in [-0.25, -0.2) is 0 Å². The fraction of sp³-hybridized carbons (Fsp3) is 0.786. The summed E-state index contributed by atoms with van der Waals surface area (Å²) in [6, 6.07) is 0. The summed E-state index contributed by atoms with van der Waals surface area (Å²) >= 11 is 0. The molecule has 5 atom stereocenters. The number of carbonyl (C=O) groups excluding carboxylic acids is 1. The number of hydrogen-bond acceptors (Lipinski definition) is 2. The normalized spacial score (nSPS) is 47.1. The molecule has 2 rings (SSSR count). The summed E-state index contributed by atoms with van der Waals surface area (Å²) in [5.74, 6) is 1.66. The first-order valence-electron chi connectivity index (χ1n) is 6.21. The molecule has 0 bridgehead atoms. The van der Waals surface area contributed by atoms with Crippen molar-refractivity contribution in [1.82, 2.24) is 0 Å². The standard InChI is InChI=1S/C14H22O2/c1-5-6-14(3)8-11-10(13(14)15)7-9(2)12(11)16-4/h5,9-12H,1,6-8H2,2-4H3/t9-,10+,11+,12+,14+/m1/s1. The Balaban J connectivity index is 2.21. The highest BCUT2D eigenvalue weighted by molar-refractivity contribution is 5.89. The van der Waals surface area contributed by atoms with Gasteiger partial charge in [0.2, 0.25) is 0 Å². The average Bonchev–Trinajstić information content (AvgIpc) is 2.64. The van der Waals surface area contributed by atoms with E-state index in [4.69, 9.17) is 4.74 Å². The summed E-state index contributed by atoms with van der Waals surface area (Å²) in [5, 5.41) is 0. The number of Topliss-reactive ketones (excluding diaryl/α,β-unsaturated/α-hetero) is 1. The fourth-order valence-electron chi connectivity index (χ4n) is 3.90. The fourth-order valence-corrected chi connectivity index (χ4v) is 3.90. The molecule has 0 unspecified atom stereocenters. The van der Waals surface area contributed by atoms with E-state index in [1.807, 2.05) is 6.08 Å². The molecule has 2 nitrogen and oxygen atoms in total. The summed E-state index contributed by atoms with van der Waals surface area (Å²) in [6.45, 7) is 8.06. The summed E-state index contributed by atoms with van der Waals surface area (Å²) in [5.41, 5.74) is -0.173. The van der Waals surface area contributed by atoms with Crippen LogP contribution in [0.15, 0.2) is 12.7 Å². The lowest BCUT2D eigenvalue weighted by Gasteiger charge is -2.25. The number of rotatable bonds is 3. The van der Waals surface area contributed by atoms with Gasteiger partial charge in [0.15, 0.2) is 0 Å². The predicted molar refractivity (Wildman–Crippen MR) is 64.1 cm³/mol. The molecule has 2 saturated carbocycles. The second kappa shape index (κ2) is 3.99. The van der Waals surface area contributed by atoms with Gasteiger partial charge < -0.3 is 4.74 Å². The maximum absolute atomic E-state index is 12.4. The summed E-state index contributed by atoms with van der Waals surface area (Å²) < 4.78 is 5.58. The quantitative estimate of drug-likeness (QED) is 0.686. The zero-order valence-electron chi connectivity index (χ0n) is 10.5. The van der Waals surface area contributed by atoms with Crippen LogP contribution < -0.4 is 0 Å². The number of allylic oxidation sites excluding steroid dienone is 1. The van der Waals surface area contributed by atoms with Crippen LogP contribution in [0, 0.1) is 23.2 Å². The molecule has 0 amide bonds. The molecule has 0 aromatic carbocycles. The van der Waals surface area contributed by atoms with Gasteiger partial charge in [-0.15, -0.1) is 6.58 Å². The molecule has 2 fully saturated rings. The number of ketones is 1. The largest absolute Gasteiger partial charge is 0.381 e. The third-order valence-corrected chi connectivity index (χ3v) is 4.61. The van der Waals surface area contributed by atoms with Crippen molar-refractivity contribution < 1.29 is 9.53 Å². The van der Waals surface area contributed by atoms with E-state index in [1.54, 1.807) is 7.11 Å². The molecule has 16 heavy (non-hydrogen) atoms. The van der Waals surface area contributed by atoms with Crippen molar-refractivity contribution >= 4 is 5.78 Å². The lowest BCUT2D eigenvalue weighted by Crippen LogP contribution is -2.26. The molecule has 0 heterocycles. The van der Waals surface area contributed by atoms with Crippen LogP contribution in [0.1, 0.15) is 33.1 Å². The minimum atomic E-state index is -0.173. The van der Waals surface area contributed by atoms with Crippen molar-refractivity contribution in [3.8, 4) is 0 Å². The lowest BCUT2D eigenvalue weighted by atomic mass is 9.80. The van der Waals surface area contributed by atoms with E-state index in [1.165, 1.54) is 0 Å². The molecular weight excluding hydrogens is 200 g/mol. The first-order chi connectivity index (χ1) is 7.53. The van der Waals surface area contributed by atoms with Crippen LogP contribution in [-0.2, 0) is 9.53 Å². The van der Waals surface area contributed by atoms with Crippen molar-refractivity contribution in [2.45, 2.75) is 39.2 Å². The summed E-state index contributed by atoms with van der Waals surface area (Å²) in [6.07, 6.45) is 4.95. The first kappa shape index (κ1) is 11.8. The van der Waals surface area contributed by atoms with Crippen LogP contribution in [-0.4, -0.2) is 19.0 Å². The number of hydrogen-bond donors (Lipinski definition) is 0. The van der Waals surface area contributed by atoms with Gasteiger partial charge in [0.1, 0.15) is 5.78 Å². The van der Waals surface area contributed by atoms with E-state index in [0.717, 1.165) is 19.3 Å². The number of ether oxygens (including phenoxy) is 1. The molecule has 0 aliphatic heterocycles. The third-order valence-electron chi connectivity index (χ3n) is 4.61. The van der Waals surface area contributed by atoms with Crippen LogP contribution in [0.25, 0.3) is 0 Å². The summed E-state index contributed by atoms with van der Waals surface area (Å²) in [7, 11) is 1.77. The monoisotopic (exact) mass is 222 g/mol. The Morgan fingerprint density at radius 3 is 2.88 bits per heavy atom. The van der Waals surface area contributed by atoms with Crippen LogP contribution in [0.3, 0.4) is 0 Å². The number of carbonyl (C=O) groups is 1. The Morgan fingerprint density at radius 1 is 1.62 bits per heavy atom. The smallest absolute Gasteiger partial charge is 0.142 e. The van der Waals surface area contributed by atoms with Gasteiger partial charge in [0.25, 0.3) is 0 Å². The van der Waals surface area contributed by atoms with Crippen molar-refractivity contribution in [3.05, 3.63) is 12.7 Å². The van der Waals surface area contributed by atoms with E-state index in [9.17, 15) is 4.79 Å². The van der Waals surface area contributed by atoms with Crippen molar-refractivity contribution in [3.63, 3.8) is 0 Å². The molecule has 0 radical (unpaired) electrons. The van der Waals surface area contributed by atoms with Gasteiger partial charge >= 0.3 is 0 Å². The molecule has 90 valence electrons. The van der Waals surface area contributed by atoms with Gasteiger partial charge in [-0.1, -0.05) is 19.9 Å². The Morgan fingerprint density at radius 2 is 2.31 bits per heavy atom. The maximum Gasteiger partial charge on any atom is 0.142 e. The van der Waals surface area contributed by atoms with E-state index in [0.29, 0.717) is 17.6 Å². The van der Waals surface area contributed by atoms with Crippen LogP contribution in [0.4, 0.5) is 0 Å². The number of methoxy groups -OCH3 is 1. The highest BCUT2D eigenvalue weighted by atomic mass is 16.5. The molecule has 2 aliphatic rings. The molecule has 0 spiro atoms. The van der Waals surface area contributed by atoms with Crippen molar-refractivity contribution in [2.24, 2.45) is 23.2 Å². The van der Waals surface area contributed by atoms with Gasteiger partial charge in [-0.3, -0.25) is 4.79 Å². The zero-order chi connectivity index (χ0) is 11.9. The Kier molecular flexibility index (Phi) is 2.95. The maximum atomic E-state index is 12.4. The predicted octanol–water partition coefficient (Wildman–Crippen LogP) is 2.83. The molecule has 0 aromatic rings. The van der Waals surface area contributed by atoms with E-state index >= 15 is 0 Å². The second-order valence-electron chi connectivity index (χ2n) is 5.81. The van der Waals surface area contributed by atoms with Gasteiger partial charge in [0.05, 0.1) is 6.10 Å². The molecule has 2 heteroatoms. The van der Waals surface area contributed by atoms with E-state index in [2.05, 4.69) is 20.4 Å². The van der Waals surface area contributed by atoms with E-state index in [-0.39, 0.29) is 17.4 Å². The number of fused-ring (bicyclic) bond motifs is 1. The first-order valence-corrected chi connectivity index (χ1v) is 6.21. The summed E-state index contributed by atoms with van der Waals surface area (Å²) in [4.78, 5) is 12.4. The van der Waals surface area contributed by atoms with Gasteiger partial charge in [0, 0.05) is 18.4 Å². The Hall–Kier alpha value is -0.630. The Labute approximate surface area is 98.1 Å². The van der Waals surface area contributed by atoms with Crippen molar-refractivity contribution in [1.29, 1.82) is 0 Å². The second-order valence-corrected chi connectivity index (χ2v) is 5.81. The topological polar surface area (TPSA) is 26.3 Å². The van der Waals surface area contributed by atoms with Gasteiger partial charge in [-0.05, 0) is 31.1 Å². The van der Waals surface area contributed by atoms with Crippen LogP contribution in [0.5, 0.6) is 0 Å². The third kappa shape index (κ3) is 1.55. The van der Waals surface area contributed by atoms with Gasteiger partial charge in [-0.2, -0.15) is 0 Å². The highest BCUT2D eigenvalue weighted by Crippen LogP contribution is 2.54. The van der Waals surface area contributed by atoms with Crippen LogP contribution in [0.2, 0.25) is 0 Å². The SMILES string of the molecule is C=CC[C@@]1(C)C[C@@H]2[C@@H](OC)[C@H](C)C[C@@H]2C1=O.